The zero-order chi connectivity index (χ0) is 14.9. The van der Waals surface area contributed by atoms with Crippen molar-refractivity contribution in [1.82, 2.24) is 14.9 Å². The molecule has 108 valence electrons. The number of nitrogens with one attached hydrogen (secondary N) is 1. The number of carbonyl (C=O) groups excluding carboxylic acids is 1. The van der Waals surface area contributed by atoms with E-state index in [9.17, 15) is 14.4 Å². The van der Waals surface area contributed by atoms with Crippen LogP contribution in [0.5, 0.6) is 0 Å². The van der Waals surface area contributed by atoms with Crippen molar-refractivity contribution >= 4 is 23.6 Å². The molecule has 1 fully saturated rings. The van der Waals surface area contributed by atoms with Gasteiger partial charge in [-0.1, -0.05) is 0 Å². The highest BCUT2D eigenvalue weighted by Gasteiger charge is 2.36. The number of aromatic amines is 1. The van der Waals surface area contributed by atoms with E-state index in [0.29, 0.717) is 30.1 Å². The third-order valence-electron chi connectivity index (χ3n) is 3.29. The second kappa shape index (κ2) is 5.66. The van der Waals surface area contributed by atoms with Gasteiger partial charge in [-0.3, -0.25) is 4.79 Å². The highest BCUT2D eigenvalue weighted by molar-refractivity contribution is 7.98. The monoisotopic (exact) mass is 297 g/mol. The van der Waals surface area contributed by atoms with E-state index in [4.69, 9.17) is 5.11 Å². The summed E-state index contributed by atoms with van der Waals surface area (Å²) in [5.41, 5.74) is 0.181. The molecular formula is C12H15N3O4S. The van der Waals surface area contributed by atoms with E-state index in [1.54, 1.807) is 13.2 Å². The zero-order valence-electron chi connectivity index (χ0n) is 11.2. The maximum absolute atomic E-state index is 12.6. The number of likely N-dealkylation sites (tertiary alicyclic amines) is 1. The number of thioether (sulfide) groups is 1. The molecule has 1 aromatic rings. The summed E-state index contributed by atoms with van der Waals surface area (Å²) in [7, 11) is 0. The number of amides is 1. The van der Waals surface area contributed by atoms with Gasteiger partial charge in [-0.25, -0.2) is 9.59 Å². The topological polar surface area (TPSA) is 103 Å². The second-order valence-corrected chi connectivity index (χ2v) is 5.34. The molecule has 2 rings (SSSR count). The molecule has 8 heteroatoms. The number of carboxylic acids is 1. The Labute approximate surface area is 119 Å². The highest BCUT2D eigenvalue weighted by Crippen LogP contribution is 2.25. The van der Waals surface area contributed by atoms with E-state index in [0.717, 1.165) is 0 Å². The second-order valence-electron chi connectivity index (χ2n) is 4.55. The third-order valence-corrected chi connectivity index (χ3v) is 3.97. The third kappa shape index (κ3) is 2.55. The average molecular weight is 297 g/mol. The maximum atomic E-state index is 12.6. The smallest absolute Gasteiger partial charge is 0.346 e. The molecule has 2 heterocycles. The van der Waals surface area contributed by atoms with Crippen molar-refractivity contribution in [2.45, 2.75) is 30.8 Å². The number of hydrogen-bond donors (Lipinski definition) is 2. The van der Waals surface area contributed by atoms with Gasteiger partial charge >= 0.3 is 11.7 Å². The molecule has 2 N–H and O–H groups in total. The van der Waals surface area contributed by atoms with Crippen molar-refractivity contribution in [2.24, 2.45) is 0 Å². The van der Waals surface area contributed by atoms with E-state index < -0.39 is 17.7 Å². The van der Waals surface area contributed by atoms with Crippen molar-refractivity contribution in [3.8, 4) is 0 Å². The first-order valence-electron chi connectivity index (χ1n) is 6.14. The van der Waals surface area contributed by atoms with E-state index in [2.05, 4.69) is 9.97 Å². The van der Waals surface area contributed by atoms with Crippen molar-refractivity contribution in [1.29, 1.82) is 0 Å². The fraction of sp³-hybridized carbons (Fsp3) is 0.500. The van der Waals surface area contributed by atoms with Crippen LogP contribution in [0.3, 0.4) is 0 Å². The number of aliphatic carboxylic acids is 1. The predicted octanol–water partition coefficient (Wildman–Crippen LogP) is 0.489. The van der Waals surface area contributed by atoms with E-state index >= 15 is 0 Å². The number of nitrogens with zero attached hydrogens (tertiary/aromatic N) is 2. The highest BCUT2D eigenvalue weighted by atomic mass is 32.2. The Bertz CT molecular complexity index is 613. The number of carboxylic acid groups (broad SMARTS) is 1. The SMILES string of the molecule is CSc1nc(=O)[nH]c(C)c1C(=O)N1CCC[C@@H]1C(=O)O. The number of carbonyl (C=O) groups is 2. The van der Waals surface area contributed by atoms with Crippen molar-refractivity contribution in [3.05, 3.63) is 21.7 Å². The molecule has 0 saturated carbocycles. The molecule has 1 saturated heterocycles. The van der Waals surface area contributed by atoms with E-state index in [-0.39, 0.29) is 11.5 Å². The lowest BCUT2D eigenvalue weighted by molar-refractivity contribution is -0.141. The lowest BCUT2D eigenvalue weighted by Crippen LogP contribution is -2.41. The molecule has 1 atom stereocenters. The van der Waals surface area contributed by atoms with E-state index in [1.165, 1.54) is 16.7 Å². The summed E-state index contributed by atoms with van der Waals surface area (Å²) in [6.45, 7) is 2.02. The molecular weight excluding hydrogens is 282 g/mol. The minimum Gasteiger partial charge on any atom is -0.480 e. The summed E-state index contributed by atoms with van der Waals surface area (Å²) in [6, 6.07) is -0.802. The fourth-order valence-electron chi connectivity index (χ4n) is 2.37. The van der Waals surface area contributed by atoms with Crippen LogP contribution in [0.2, 0.25) is 0 Å². The van der Waals surface area contributed by atoms with Crippen molar-refractivity contribution in [3.63, 3.8) is 0 Å². The Morgan fingerprint density at radius 3 is 2.80 bits per heavy atom. The van der Waals surface area contributed by atoms with Crippen LogP contribution in [-0.2, 0) is 4.79 Å². The average Bonchev–Trinajstić information content (AvgIpc) is 2.86. The Kier molecular flexibility index (Phi) is 4.12. The summed E-state index contributed by atoms with van der Waals surface area (Å²) in [5.74, 6) is -1.39. The van der Waals surface area contributed by atoms with Crippen LogP contribution < -0.4 is 5.69 Å². The molecule has 20 heavy (non-hydrogen) atoms. The largest absolute Gasteiger partial charge is 0.480 e. The molecule has 7 nitrogen and oxygen atoms in total. The maximum Gasteiger partial charge on any atom is 0.346 e. The first-order chi connectivity index (χ1) is 9.45. The Morgan fingerprint density at radius 2 is 2.20 bits per heavy atom. The molecule has 0 spiro atoms. The van der Waals surface area contributed by atoms with Crippen LogP contribution in [0.15, 0.2) is 9.82 Å². The molecule has 0 bridgehead atoms. The van der Waals surface area contributed by atoms with Crippen LogP contribution in [0.25, 0.3) is 0 Å². The van der Waals surface area contributed by atoms with Crippen LogP contribution in [0.4, 0.5) is 0 Å². The van der Waals surface area contributed by atoms with Gasteiger partial charge in [0.15, 0.2) is 0 Å². The van der Waals surface area contributed by atoms with Gasteiger partial charge in [-0.15, -0.1) is 11.8 Å². The Balaban J connectivity index is 2.43. The van der Waals surface area contributed by atoms with Gasteiger partial charge in [0, 0.05) is 12.2 Å². The normalized spacial score (nSPS) is 18.3. The van der Waals surface area contributed by atoms with Gasteiger partial charge in [0.25, 0.3) is 5.91 Å². The Hall–Kier alpha value is -1.83. The summed E-state index contributed by atoms with van der Waals surface area (Å²) in [4.78, 5) is 42.7. The van der Waals surface area contributed by atoms with Gasteiger partial charge in [0.05, 0.1) is 5.56 Å². The zero-order valence-corrected chi connectivity index (χ0v) is 12.0. The Morgan fingerprint density at radius 1 is 1.50 bits per heavy atom. The summed E-state index contributed by atoms with van der Waals surface area (Å²) >= 11 is 1.19. The van der Waals surface area contributed by atoms with Gasteiger partial charge in [0.2, 0.25) is 0 Å². The summed E-state index contributed by atoms with van der Waals surface area (Å²) in [6.07, 6.45) is 2.83. The minimum absolute atomic E-state index is 0.283. The molecule has 0 aromatic carbocycles. The minimum atomic E-state index is -1.00. The van der Waals surface area contributed by atoms with Gasteiger partial charge in [-0.2, -0.15) is 4.98 Å². The molecule has 1 aromatic heterocycles. The van der Waals surface area contributed by atoms with Crippen LogP contribution in [-0.4, -0.2) is 50.7 Å². The van der Waals surface area contributed by atoms with Crippen molar-refractivity contribution in [2.75, 3.05) is 12.8 Å². The van der Waals surface area contributed by atoms with E-state index in [1.807, 2.05) is 0 Å². The van der Waals surface area contributed by atoms with Gasteiger partial charge < -0.3 is 15.0 Å². The fourth-order valence-corrected chi connectivity index (χ4v) is 2.99. The number of rotatable bonds is 3. The summed E-state index contributed by atoms with van der Waals surface area (Å²) < 4.78 is 0. The molecule has 0 unspecified atom stereocenters. The molecule has 1 aliphatic heterocycles. The van der Waals surface area contributed by atoms with Crippen LogP contribution in [0.1, 0.15) is 28.9 Å². The predicted molar refractivity (Wildman–Crippen MR) is 73.1 cm³/mol. The number of H-pyrrole nitrogens is 1. The quantitative estimate of drug-likeness (QED) is 0.621. The molecule has 0 radical (unpaired) electrons. The van der Waals surface area contributed by atoms with Crippen LogP contribution >= 0.6 is 11.8 Å². The molecule has 0 aliphatic carbocycles. The number of hydrogen-bond acceptors (Lipinski definition) is 5. The standard InChI is InChI=1S/C12H15N3O4S/c1-6-8(9(20-2)14-12(19)13-6)10(16)15-5-3-4-7(15)11(17)18/h7H,3-5H2,1-2H3,(H,17,18)(H,13,14,19)/t7-/m1/s1. The number of aromatic nitrogens is 2. The van der Waals surface area contributed by atoms with Gasteiger partial charge in [0.1, 0.15) is 11.1 Å². The van der Waals surface area contributed by atoms with Crippen molar-refractivity contribution < 1.29 is 14.7 Å². The van der Waals surface area contributed by atoms with Gasteiger partial charge in [-0.05, 0) is 26.0 Å². The molecule has 1 aliphatic rings. The summed E-state index contributed by atoms with van der Waals surface area (Å²) in [5, 5.41) is 9.47. The lowest BCUT2D eigenvalue weighted by atomic mass is 10.2. The molecule has 1 amide bonds. The van der Waals surface area contributed by atoms with Crippen LogP contribution in [0, 0.1) is 6.92 Å². The first-order valence-corrected chi connectivity index (χ1v) is 7.37. The lowest BCUT2D eigenvalue weighted by Gasteiger charge is -2.22. The first kappa shape index (κ1) is 14.6. The number of aryl methyl sites for hydroxylation is 1.